The molecule has 0 radical (unpaired) electrons. The number of nitrogens with one attached hydrogen (secondary N) is 1. The number of benzene rings is 4. The third kappa shape index (κ3) is 3.07. The Kier molecular flexibility index (Phi) is 4.19. The highest BCUT2D eigenvalue weighted by Gasteiger charge is 2.16. The van der Waals surface area contributed by atoms with Gasteiger partial charge in [-0.3, -0.25) is 4.72 Å². The summed E-state index contributed by atoms with van der Waals surface area (Å²) in [5, 5.41) is 2.20. The van der Waals surface area contributed by atoms with E-state index in [1.54, 1.807) is 36.4 Å². The second-order valence-electron chi connectivity index (χ2n) is 5.99. The summed E-state index contributed by atoms with van der Waals surface area (Å²) < 4.78 is 28.2. The van der Waals surface area contributed by atoms with Crippen molar-refractivity contribution in [1.29, 1.82) is 0 Å². The van der Waals surface area contributed by atoms with Gasteiger partial charge < -0.3 is 0 Å². The van der Waals surface area contributed by atoms with Crippen molar-refractivity contribution in [2.24, 2.45) is 0 Å². The van der Waals surface area contributed by atoms with Crippen LogP contribution in [0.1, 0.15) is 0 Å². The number of rotatable bonds is 4. The van der Waals surface area contributed by atoms with Crippen LogP contribution in [0.3, 0.4) is 0 Å². The first-order valence-electron chi connectivity index (χ1n) is 8.30. The van der Waals surface area contributed by atoms with Gasteiger partial charge in [-0.05, 0) is 34.5 Å². The normalized spacial score (nSPS) is 11.4. The van der Waals surface area contributed by atoms with Gasteiger partial charge in [0.25, 0.3) is 10.0 Å². The van der Waals surface area contributed by atoms with E-state index in [4.69, 9.17) is 0 Å². The van der Waals surface area contributed by atoms with E-state index < -0.39 is 10.0 Å². The molecule has 1 N–H and O–H groups in total. The number of fused-ring (bicyclic) bond motifs is 1. The minimum atomic E-state index is -3.65. The summed E-state index contributed by atoms with van der Waals surface area (Å²) in [5.41, 5.74) is 2.41. The molecule has 0 bridgehead atoms. The number of hydrogen-bond acceptors (Lipinski definition) is 2. The molecule has 0 aliphatic heterocycles. The van der Waals surface area contributed by atoms with Gasteiger partial charge in [-0.25, -0.2) is 8.42 Å². The van der Waals surface area contributed by atoms with Gasteiger partial charge >= 0.3 is 0 Å². The average Bonchev–Trinajstić information content (AvgIpc) is 2.68. The van der Waals surface area contributed by atoms with Crippen LogP contribution in [-0.2, 0) is 10.0 Å². The number of hydrogen-bond donors (Lipinski definition) is 1. The fourth-order valence-electron chi connectivity index (χ4n) is 3.07. The van der Waals surface area contributed by atoms with Gasteiger partial charge in [-0.15, -0.1) is 0 Å². The van der Waals surface area contributed by atoms with E-state index in [9.17, 15) is 8.42 Å². The molecule has 0 saturated heterocycles. The monoisotopic (exact) mass is 359 g/mol. The van der Waals surface area contributed by atoms with Crippen LogP contribution in [0.15, 0.2) is 102 Å². The van der Waals surface area contributed by atoms with E-state index in [1.165, 1.54) is 0 Å². The van der Waals surface area contributed by atoms with Gasteiger partial charge in [0.05, 0.1) is 10.6 Å². The predicted molar refractivity (Wildman–Crippen MR) is 107 cm³/mol. The van der Waals surface area contributed by atoms with Crippen molar-refractivity contribution in [3.8, 4) is 11.1 Å². The first-order chi connectivity index (χ1) is 12.6. The molecular weight excluding hydrogens is 342 g/mol. The van der Waals surface area contributed by atoms with Gasteiger partial charge in [-0.1, -0.05) is 78.9 Å². The maximum atomic E-state index is 12.7. The minimum Gasteiger partial charge on any atom is -0.279 e. The number of sulfonamides is 1. The van der Waals surface area contributed by atoms with Crippen molar-refractivity contribution in [3.63, 3.8) is 0 Å². The highest BCUT2D eigenvalue weighted by molar-refractivity contribution is 7.92. The summed E-state index contributed by atoms with van der Waals surface area (Å²) in [4.78, 5) is 0.243. The molecule has 0 aliphatic rings. The van der Waals surface area contributed by atoms with Crippen LogP contribution in [0.25, 0.3) is 21.9 Å². The lowest BCUT2D eigenvalue weighted by molar-refractivity contribution is 0.601. The van der Waals surface area contributed by atoms with Crippen molar-refractivity contribution >= 4 is 26.5 Å². The molecule has 0 saturated carbocycles. The first kappa shape index (κ1) is 16.4. The summed E-state index contributed by atoms with van der Waals surface area (Å²) in [7, 11) is -3.65. The van der Waals surface area contributed by atoms with E-state index in [0.29, 0.717) is 5.69 Å². The van der Waals surface area contributed by atoms with Crippen LogP contribution in [0.5, 0.6) is 0 Å². The second-order valence-corrected chi connectivity index (χ2v) is 7.67. The summed E-state index contributed by atoms with van der Waals surface area (Å²) in [5.74, 6) is 0. The standard InChI is InChI=1S/C22H17NO2S/c24-26(25,18-11-2-1-3-12-18)23-22-16-7-6-14-21(22)20-15-8-10-17-9-4-5-13-19(17)20/h1-16,23H. The Labute approximate surface area is 153 Å². The summed E-state index contributed by atoms with van der Waals surface area (Å²) in [6.45, 7) is 0. The average molecular weight is 359 g/mol. The lowest BCUT2D eigenvalue weighted by atomic mass is 9.97. The molecule has 4 aromatic carbocycles. The third-order valence-corrected chi connectivity index (χ3v) is 5.69. The molecule has 0 fully saturated rings. The number of para-hydroxylation sites is 1. The third-order valence-electron chi connectivity index (χ3n) is 4.30. The summed E-state index contributed by atoms with van der Waals surface area (Å²) in [6, 6.07) is 30.0. The molecule has 0 aliphatic carbocycles. The Balaban J connectivity index is 1.83. The van der Waals surface area contributed by atoms with Gasteiger partial charge in [0.1, 0.15) is 0 Å². The van der Waals surface area contributed by atoms with Crippen LogP contribution in [0.2, 0.25) is 0 Å². The maximum Gasteiger partial charge on any atom is 0.261 e. The fraction of sp³-hybridized carbons (Fsp3) is 0. The SMILES string of the molecule is O=S(=O)(Nc1ccccc1-c1cccc2ccccc12)c1ccccc1. The Morgan fingerprint density at radius 2 is 1.19 bits per heavy atom. The van der Waals surface area contributed by atoms with E-state index in [-0.39, 0.29) is 4.90 Å². The van der Waals surface area contributed by atoms with E-state index in [2.05, 4.69) is 16.9 Å². The van der Waals surface area contributed by atoms with Crippen molar-refractivity contribution in [1.82, 2.24) is 0 Å². The topological polar surface area (TPSA) is 46.2 Å². The van der Waals surface area contributed by atoms with E-state index >= 15 is 0 Å². The quantitative estimate of drug-likeness (QED) is 0.537. The van der Waals surface area contributed by atoms with Gasteiger partial charge in [-0.2, -0.15) is 0 Å². The molecule has 0 amide bonds. The van der Waals surface area contributed by atoms with Crippen LogP contribution in [-0.4, -0.2) is 8.42 Å². The molecule has 128 valence electrons. The van der Waals surface area contributed by atoms with E-state index in [1.807, 2.05) is 48.5 Å². The van der Waals surface area contributed by atoms with Crippen LogP contribution in [0.4, 0.5) is 5.69 Å². The van der Waals surface area contributed by atoms with Crippen molar-refractivity contribution in [2.45, 2.75) is 4.90 Å². The van der Waals surface area contributed by atoms with Gasteiger partial charge in [0.15, 0.2) is 0 Å². The van der Waals surface area contributed by atoms with Crippen LogP contribution >= 0.6 is 0 Å². The molecular formula is C22H17NO2S. The maximum absolute atomic E-state index is 12.7. The van der Waals surface area contributed by atoms with Crippen molar-refractivity contribution in [3.05, 3.63) is 97.1 Å². The lowest BCUT2D eigenvalue weighted by Gasteiger charge is -2.14. The lowest BCUT2D eigenvalue weighted by Crippen LogP contribution is -2.13. The highest BCUT2D eigenvalue weighted by Crippen LogP contribution is 2.34. The highest BCUT2D eigenvalue weighted by atomic mass is 32.2. The zero-order valence-corrected chi connectivity index (χ0v) is 14.8. The van der Waals surface area contributed by atoms with E-state index in [0.717, 1.165) is 21.9 Å². The zero-order valence-electron chi connectivity index (χ0n) is 14.0. The Morgan fingerprint density at radius 1 is 0.577 bits per heavy atom. The summed E-state index contributed by atoms with van der Waals surface area (Å²) in [6.07, 6.45) is 0. The van der Waals surface area contributed by atoms with Crippen molar-refractivity contribution < 1.29 is 8.42 Å². The fourth-order valence-corrected chi connectivity index (χ4v) is 4.17. The molecule has 4 heteroatoms. The largest absolute Gasteiger partial charge is 0.279 e. The Hall–Kier alpha value is -3.11. The molecule has 26 heavy (non-hydrogen) atoms. The molecule has 4 rings (SSSR count). The Morgan fingerprint density at radius 3 is 2.04 bits per heavy atom. The Bertz CT molecular complexity index is 1160. The number of anilines is 1. The van der Waals surface area contributed by atoms with Crippen LogP contribution < -0.4 is 4.72 Å². The molecule has 0 spiro atoms. The first-order valence-corrected chi connectivity index (χ1v) is 9.78. The van der Waals surface area contributed by atoms with Crippen molar-refractivity contribution in [2.75, 3.05) is 4.72 Å². The molecule has 0 unspecified atom stereocenters. The molecule has 4 aromatic rings. The van der Waals surface area contributed by atoms with Crippen LogP contribution in [0, 0.1) is 0 Å². The molecule has 3 nitrogen and oxygen atoms in total. The minimum absolute atomic E-state index is 0.243. The molecule has 0 atom stereocenters. The molecule has 0 heterocycles. The zero-order chi connectivity index (χ0) is 18.0. The summed E-state index contributed by atoms with van der Waals surface area (Å²) >= 11 is 0. The van der Waals surface area contributed by atoms with Gasteiger partial charge in [0, 0.05) is 5.56 Å². The smallest absolute Gasteiger partial charge is 0.261 e. The predicted octanol–water partition coefficient (Wildman–Crippen LogP) is 5.31. The molecule has 0 aromatic heterocycles. The van der Waals surface area contributed by atoms with Gasteiger partial charge in [0.2, 0.25) is 0 Å². The second kappa shape index (κ2) is 6.65.